The minimum atomic E-state index is 0.248. The summed E-state index contributed by atoms with van der Waals surface area (Å²) in [6.45, 7) is 0.800. The van der Waals surface area contributed by atoms with Gasteiger partial charge in [-0.1, -0.05) is 18.6 Å². The highest BCUT2D eigenvalue weighted by molar-refractivity contribution is 7.98. The minimum Gasteiger partial charge on any atom is -0.232 e. The fraction of sp³-hybridized carbons (Fsp3) is 0.462. The number of aliphatic imine (C=N–C) groups is 1. The van der Waals surface area contributed by atoms with Crippen LogP contribution in [0.3, 0.4) is 0 Å². The molecule has 2 rings (SSSR count). The fourth-order valence-electron chi connectivity index (χ4n) is 2.28. The van der Waals surface area contributed by atoms with Crippen molar-refractivity contribution < 1.29 is 0 Å². The lowest BCUT2D eigenvalue weighted by molar-refractivity contribution is 0.254. The molecule has 0 spiro atoms. The van der Waals surface area contributed by atoms with Crippen LogP contribution in [0.2, 0.25) is 0 Å². The zero-order valence-electron chi connectivity index (χ0n) is 9.40. The summed E-state index contributed by atoms with van der Waals surface area (Å²) in [5, 5.41) is 2.49. The average molecular weight is 249 g/mol. The Labute approximate surface area is 106 Å². The number of isothiocyanates is 1. The van der Waals surface area contributed by atoms with Crippen molar-refractivity contribution in [2.75, 3.05) is 12.8 Å². The van der Waals surface area contributed by atoms with E-state index in [1.165, 1.54) is 29.7 Å². The van der Waals surface area contributed by atoms with Crippen LogP contribution < -0.4 is 0 Å². The van der Waals surface area contributed by atoms with E-state index in [0.717, 1.165) is 6.54 Å². The summed E-state index contributed by atoms with van der Waals surface area (Å²) < 4.78 is 0. The van der Waals surface area contributed by atoms with E-state index in [2.05, 4.69) is 52.9 Å². The molecule has 1 aromatic rings. The fourth-order valence-corrected chi connectivity index (χ4v) is 2.80. The molecule has 1 nitrogen and oxygen atoms in total. The van der Waals surface area contributed by atoms with E-state index in [-0.39, 0.29) is 5.41 Å². The summed E-state index contributed by atoms with van der Waals surface area (Å²) in [5.41, 5.74) is 1.66. The van der Waals surface area contributed by atoms with Crippen LogP contribution in [0.4, 0.5) is 0 Å². The number of thiocarbonyl (C=S) groups is 1. The highest BCUT2D eigenvalue weighted by Crippen LogP contribution is 2.44. The molecule has 1 aromatic carbocycles. The Hall–Kier alpha value is -0.630. The first-order chi connectivity index (χ1) is 7.80. The maximum Gasteiger partial charge on any atom is 0.0589 e. The van der Waals surface area contributed by atoms with Gasteiger partial charge in [-0.25, -0.2) is 4.99 Å². The van der Waals surface area contributed by atoms with E-state index >= 15 is 0 Å². The molecule has 1 aliphatic rings. The van der Waals surface area contributed by atoms with Gasteiger partial charge in [0.1, 0.15) is 0 Å². The predicted octanol–water partition coefficient (Wildman–Crippen LogP) is 3.93. The van der Waals surface area contributed by atoms with E-state index in [1.807, 2.05) is 0 Å². The predicted molar refractivity (Wildman–Crippen MR) is 73.6 cm³/mol. The molecular formula is C13H15NS2. The van der Waals surface area contributed by atoms with Gasteiger partial charge in [-0.15, -0.1) is 11.8 Å². The maximum atomic E-state index is 4.67. The second kappa shape index (κ2) is 5.13. The Morgan fingerprint density at radius 1 is 1.50 bits per heavy atom. The van der Waals surface area contributed by atoms with Crippen molar-refractivity contribution >= 4 is 29.1 Å². The third-order valence-electron chi connectivity index (χ3n) is 3.44. The Morgan fingerprint density at radius 2 is 2.31 bits per heavy atom. The number of hydrogen-bond acceptors (Lipinski definition) is 3. The van der Waals surface area contributed by atoms with Gasteiger partial charge in [0.2, 0.25) is 0 Å². The van der Waals surface area contributed by atoms with Gasteiger partial charge in [-0.05, 0) is 49.0 Å². The highest BCUT2D eigenvalue weighted by atomic mass is 32.2. The third-order valence-corrected chi connectivity index (χ3v) is 4.29. The van der Waals surface area contributed by atoms with Crippen LogP contribution in [0.1, 0.15) is 24.8 Å². The van der Waals surface area contributed by atoms with Gasteiger partial charge in [0, 0.05) is 10.3 Å². The zero-order chi connectivity index (χ0) is 11.4. The van der Waals surface area contributed by atoms with Crippen molar-refractivity contribution in [1.29, 1.82) is 0 Å². The van der Waals surface area contributed by atoms with E-state index in [1.54, 1.807) is 11.8 Å². The Bertz CT molecular complexity index is 418. The number of nitrogens with zero attached hydrogens (tertiary/aromatic N) is 1. The lowest BCUT2D eigenvalue weighted by Gasteiger charge is -2.41. The molecule has 1 fully saturated rings. The van der Waals surface area contributed by atoms with Gasteiger partial charge in [-0.3, -0.25) is 0 Å². The van der Waals surface area contributed by atoms with E-state index in [0.29, 0.717) is 0 Å². The summed E-state index contributed by atoms with van der Waals surface area (Å²) >= 11 is 6.46. The van der Waals surface area contributed by atoms with Gasteiger partial charge < -0.3 is 0 Å². The van der Waals surface area contributed by atoms with Gasteiger partial charge in [0.05, 0.1) is 11.7 Å². The van der Waals surface area contributed by atoms with Crippen molar-refractivity contribution in [2.24, 2.45) is 4.99 Å². The second-order valence-electron chi connectivity index (χ2n) is 4.27. The molecule has 0 amide bonds. The van der Waals surface area contributed by atoms with Crippen molar-refractivity contribution in [3.8, 4) is 0 Å². The lowest BCUT2D eigenvalue weighted by Crippen LogP contribution is -2.37. The molecule has 0 radical (unpaired) electrons. The van der Waals surface area contributed by atoms with Crippen LogP contribution in [-0.4, -0.2) is 18.0 Å². The molecule has 0 unspecified atom stereocenters. The quantitative estimate of drug-likeness (QED) is 0.455. The molecule has 16 heavy (non-hydrogen) atoms. The lowest BCUT2D eigenvalue weighted by atomic mass is 9.64. The molecule has 1 saturated carbocycles. The average Bonchev–Trinajstić information content (AvgIpc) is 2.28. The molecule has 84 valence electrons. The first-order valence-corrected chi connectivity index (χ1v) is 7.12. The molecular weight excluding hydrogens is 234 g/mol. The van der Waals surface area contributed by atoms with Gasteiger partial charge in [-0.2, -0.15) is 0 Å². The Kier molecular flexibility index (Phi) is 3.80. The third kappa shape index (κ3) is 2.22. The summed E-state index contributed by atoms with van der Waals surface area (Å²) in [4.78, 5) is 5.48. The summed E-state index contributed by atoms with van der Waals surface area (Å²) in [5.74, 6) is 0. The van der Waals surface area contributed by atoms with E-state index < -0.39 is 0 Å². The smallest absolute Gasteiger partial charge is 0.0589 e. The van der Waals surface area contributed by atoms with E-state index in [4.69, 9.17) is 0 Å². The van der Waals surface area contributed by atoms with Crippen LogP contribution in [-0.2, 0) is 5.41 Å². The zero-order valence-corrected chi connectivity index (χ0v) is 11.0. The maximum absolute atomic E-state index is 4.67. The summed E-state index contributed by atoms with van der Waals surface area (Å²) in [6.07, 6.45) is 5.87. The molecule has 3 heteroatoms. The molecule has 1 aliphatic carbocycles. The molecule has 0 heterocycles. The highest BCUT2D eigenvalue weighted by Gasteiger charge is 2.38. The van der Waals surface area contributed by atoms with Crippen LogP contribution in [0.5, 0.6) is 0 Å². The van der Waals surface area contributed by atoms with Crippen molar-refractivity contribution in [3.05, 3.63) is 29.8 Å². The van der Waals surface area contributed by atoms with Crippen molar-refractivity contribution in [1.82, 2.24) is 0 Å². The summed E-state index contributed by atoms with van der Waals surface area (Å²) in [7, 11) is 0. The first-order valence-electron chi connectivity index (χ1n) is 5.49. The monoisotopic (exact) mass is 249 g/mol. The van der Waals surface area contributed by atoms with Crippen molar-refractivity contribution in [2.45, 2.75) is 29.6 Å². The number of rotatable bonds is 4. The molecule has 0 saturated heterocycles. The van der Waals surface area contributed by atoms with Crippen LogP contribution >= 0.6 is 24.0 Å². The van der Waals surface area contributed by atoms with Crippen LogP contribution in [0.15, 0.2) is 34.2 Å². The molecule has 0 N–H and O–H groups in total. The first kappa shape index (κ1) is 11.8. The molecule has 0 aliphatic heterocycles. The second-order valence-corrected chi connectivity index (χ2v) is 5.34. The molecule has 0 atom stereocenters. The van der Waals surface area contributed by atoms with Gasteiger partial charge in [0.15, 0.2) is 0 Å². The van der Waals surface area contributed by atoms with Crippen molar-refractivity contribution in [3.63, 3.8) is 0 Å². The van der Waals surface area contributed by atoms with Crippen LogP contribution in [0, 0.1) is 0 Å². The Morgan fingerprint density at radius 3 is 2.88 bits per heavy atom. The molecule has 0 bridgehead atoms. The largest absolute Gasteiger partial charge is 0.232 e. The number of benzene rings is 1. The summed E-state index contributed by atoms with van der Waals surface area (Å²) in [6, 6.07) is 8.81. The molecule has 0 aromatic heterocycles. The normalized spacial score (nSPS) is 17.3. The van der Waals surface area contributed by atoms with Gasteiger partial charge in [0.25, 0.3) is 0 Å². The number of thioether (sulfide) groups is 1. The SMILES string of the molecule is CSc1cccc(C2(CN=C=S)CCC2)c1. The van der Waals surface area contributed by atoms with Gasteiger partial charge >= 0.3 is 0 Å². The standard InChI is InChI=1S/C13H15NS2/c1-16-12-5-2-4-11(8-12)13(6-3-7-13)9-14-10-15/h2,4-5,8H,3,6-7,9H2,1H3. The topological polar surface area (TPSA) is 12.4 Å². The van der Waals surface area contributed by atoms with Crippen LogP contribution in [0.25, 0.3) is 0 Å². The Balaban J connectivity index is 2.28. The minimum absolute atomic E-state index is 0.248. The van der Waals surface area contributed by atoms with E-state index in [9.17, 15) is 0 Å². The number of hydrogen-bond donors (Lipinski definition) is 0.